The van der Waals surface area contributed by atoms with Gasteiger partial charge in [-0.3, -0.25) is 4.99 Å². The molecule has 0 saturated carbocycles. The van der Waals surface area contributed by atoms with Crippen LogP contribution in [-0.2, 0) is 6.42 Å². The summed E-state index contributed by atoms with van der Waals surface area (Å²) < 4.78 is 0. The maximum atomic E-state index is 4.64. The number of benzene rings is 1. The normalized spacial score (nSPS) is 15.9. The number of amidine groups is 1. The maximum Gasteiger partial charge on any atom is 0.104 e. The van der Waals surface area contributed by atoms with Crippen LogP contribution in [0.25, 0.3) is 0 Å². The highest BCUT2D eigenvalue weighted by atomic mass is 32.1. The summed E-state index contributed by atoms with van der Waals surface area (Å²) in [4.78, 5) is 6.04. The van der Waals surface area contributed by atoms with Crippen LogP contribution in [0, 0.1) is 6.92 Å². The number of hydrogen-bond acceptors (Lipinski definition) is 3. The van der Waals surface area contributed by atoms with Crippen molar-refractivity contribution in [3.05, 3.63) is 57.8 Å². The lowest BCUT2D eigenvalue weighted by molar-refractivity contribution is 0.839. The predicted octanol–water partition coefficient (Wildman–Crippen LogP) is 3.38. The van der Waals surface area contributed by atoms with Gasteiger partial charge in [-0.05, 0) is 35.9 Å². The molecular formula is C16H18N2S. The van der Waals surface area contributed by atoms with E-state index in [-0.39, 0.29) is 0 Å². The minimum Gasteiger partial charge on any atom is -0.371 e. The van der Waals surface area contributed by atoms with Gasteiger partial charge in [-0.25, -0.2) is 0 Å². The zero-order chi connectivity index (χ0) is 13.1. The Labute approximate surface area is 118 Å². The van der Waals surface area contributed by atoms with Crippen molar-refractivity contribution in [3.8, 4) is 0 Å². The van der Waals surface area contributed by atoms with E-state index in [1.54, 1.807) is 0 Å². The second kappa shape index (κ2) is 5.57. The van der Waals surface area contributed by atoms with Gasteiger partial charge < -0.3 is 5.32 Å². The van der Waals surface area contributed by atoms with Crippen LogP contribution < -0.4 is 5.32 Å². The first kappa shape index (κ1) is 12.4. The highest BCUT2D eigenvalue weighted by Gasteiger charge is 2.23. The standard InChI is InChI=1S/C16H18N2S/c1-12-14(7-10-19-12)15(16-17-8-9-18-16)11-13-5-3-2-4-6-13/h2-7,10,15H,8-9,11H2,1H3,(H,17,18). The molecule has 2 heterocycles. The van der Waals surface area contributed by atoms with Crippen molar-refractivity contribution in [2.75, 3.05) is 13.1 Å². The lowest BCUT2D eigenvalue weighted by atomic mass is 9.91. The van der Waals surface area contributed by atoms with Gasteiger partial charge in [0, 0.05) is 17.3 Å². The molecule has 2 aromatic rings. The molecule has 0 bridgehead atoms. The predicted molar refractivity (Wildman–Crippen MR) is 82.2 cm³/mol. The number of nitrogens with zero attached hydrogens (tertiary/aromatic N) is 1. The van der Waals surface area contributed by atoms with Gasteiger partial charge in [0.25, 0.3) is 0 Å². The molecule has 0 radical (unpaired) electrons. The molecule has 2 nitrogen and oxygen atoms in total. The third-order valence-corrected chi connectivity index (χ3v) is 4.45. The highest BCUT2D eigenvalue weighted by Crippen LogP contribution is 2.29. The van der Waals surface area contributed by atoms with Crippen LogP contribution in [0.15, 0.2) is 46.8 Å². The maximum absolute atomic E-state index is 4.64. The number of aryl methyl sites for hydroxylation is 1. The molecule has 1 N–H and O–H groups in total. The van der Waals surface area contributed by atoms with Crippen LogP contribution in [0.2, 0.25) is 0 Å². The first-order valence-corrected chi connectivity index (χ1v) is 7.58. The van der Waals surface area contributed by atoms with Crippen LogP contribution in [0.5, 0.6) is 0 Å². The Hall–Kier alpha value is -1.61. The molecule has 1 aliphatic heterocycles. The van der Waals surface area contributed by atoms with E-state index in [0.717, 1.165) is 25.3 Å². The Morgan fingerprint density at radius 3 is 2.74 bits per heavy atom. The van der Waals surface area contributed by atoms with Crippen LogP contribution in [0.1, 0.15) is 21.9 Å². The average Bonchev–Trinajstić information content (AvgIpc) is 3.09. The molecule has 1 unspecified atom stereocenters. The number of aliphatic imine (C=N–C) groups is 1. The fourth-order valence-corrected chi connectivity index (χ4v) is 3.37. The molecule has 0 amide bonds. The minimum atomic E-state index is 0.371. The highest BCUT2D eigenvalue weighted by molar-refractivity contribution is 7.10. The Kier molecular flexibility index (Phi) is 3.65. The van der Waals surface area contributed by atoms with E-state index in [0.29, 0.717) is 5.92 Å². The van der Waals surface area contributed by atoms with Crippen LogP contribution >= 0.6 is 11.3 Å². The van der Waals surface area contributed by atoms with E-state index >= 15 is 0 Å². The summed E-state index contributed by atoms with van der Waals surface area (Å²) in [7, 11) is 0. The number of hydrogen-bond donors (Lipinski definition) is 1. The van der Waals surface area contributed by atoms with Crippen molar-refractivity contribution >= 4 is 17.2 Å². The molecule has 3 heteroatoms. The number of rotatable bonds is 4. The molecule has 0 fully saturated rings. The van der Waals surface area contributed by atoms with Crippen LogP contribution in [0.4, 0.5) is 0 Å². The summed E-state index contributed by atoms with van der Waals surface area (Å²) in [6.07, 6.45) is 1.02. The summed E-state index contributed by atoms with van der Waals surface area (Å²) in [5.41, 5.74) is 2.79. The average molecular weight is 270 g/mol. The van der Waals surface area contributed by atoms with Crippen molar-refractivity contribution < 1.29 is 0 Å². The van der Waals surface area contributed by atoms with Gasteiger partial charge in [0.1, 0.15) is 5.84 Å². The van der Waals surface area contributed by atoms with Crippen molar-refractivity contribution in [2.24, 2.45) is 4.99 Å². The number of nitrogens with one attached hydrogen (secondary N) is 1. The van der Waals surface area contributed by atoms with E-state index in [1.807, 2.05) is 11.3 Å². The van der Waals surface area contributed by atoms with E-state index in [9.17, 15) is 0 Å². The second-order valence-corrected chi connectivity index (χ2v) is 5.99. The zero-order valence-corrected chi connectivity index (χ0v) is 11.9. The van der Waals surface area contributed by atoms with Gasteiger partial charge in [-0.15, -0.1) is 11.3 Å². The lowest BCUT2D eigenvalue weighted by Crippen LogP contribution is -2.27. The molecule has 1 aromatic carbocycles. The zero-order valence-electron chi connectivity index (χ0n) is 11.1. The Bertz CT molecular complexity index is 571. The topological polar surface area (TPSA) is 24.4 Å². The number of thiophene rings is 1. The monoisotopic (exact) mass is 270 g/mol. The largest absolute Gasteiger partial charge is 0.371 e. The first-order valence-electron chi connectivity index (χ1n) is 6.71. The van der Waals surface area contributed by atoms with Crippen LogP contribution in [0.3, 0.4) is 0 Å². The Morgan fingerprint density at radius 1 is 1.26 bits per heavy atom. The fourth-order valence-electron chi connectivity index (χ4n) is 2.61. The van der Waals surface area contributed by atoms with Gasteiger partial charge in [0.05, 0.1) is 6.54 Å². The van der Waals surface area contributed by atoms with E-state index in [1.165, 1.54) is 16.0 Å². The molecule has 98 valence electrons. The summed E-state index contributed by atoms with van der Waals surface area (Å²) in [6, 6.07) is 12.9. The molecule has 0 aliphatic carbocycles. The summed E-state index contributed by atoms with van der Waals surface area (Å²) in [5, 5.41) is 5.63. The van der Waals surface area contributed by atoms with Crippen molar-refractivity contribution in [3.63, 3.8) is 0 Å². The Morgan fingerprint density at radius 2 is 2.11 bits per heavy atom. The molecule has 0 spiro atoms. The quantitative estimate of drug-likeness (QED) is 0.905. The third kappa shape index (κ3) is 2.71. The van der Waals surface area contributed by atoms with Gasteiger partial charge >= 0.3 is 0 Å². The van der Waals surface area contributed by atoms with Gasteiger partial charge in [0.2, 0.25) is 0 Å². The van der Waals surface area contributed by atoms with E-state index < -0.39 is 0 Å². The lowest BCUT2D eigenvalue weighted by Gasteiger charge is -2.18. The summed E-state index contributed by atoms with van der Waals surface area (Å²) >= 11 is 1.82. The third-order valence-electron chi connectivity index (χ3n) is 3.59. The van der Waals surface area contributed by atoms with Crippen molar-refractivity contribution in [2.45, 2.75) is 19.3 Å². The first-order chi connectivity index (χ1) is 9.34. The fraction of sp³-hybridized carbons (Fsp3) is 0.312. The van der Waals surface area contributed by atoms with E-state index in [2.05, 4.69) is 59.0 Å². The SMILES string of the molecule is Cc1sccc1C(Cc1ccccc1)C1=NCCN1. The molecule has 1 aromatic heterocycles. The van der Waals surface area contributed by atoms with Gasteiger partial charge in [-0.2, -0.15) is 0 Å². The van der Waals surface area contributed by atoms with Crippen molar-refractivity contribution in [1.82, 2.24) is 5.32 Å². The molecule has 19 heavy (non-hydrogen) atoms. The second-order valence-electron chi connectivity index (χ2n) is 4.87. The molecule has 0 saturated heterocycles. The van der Waals surface area contributed by atoms with Crippen molar-refractivity contribution in [1.29, 1.82) is 0 Å². The van der Waals surface area contributed by atoms with Gasteiger partial charge in [0.15, 0.2) is 0 Å². The molecule has 3 rings (SSSR count). The van der Waals surface area contributed by atoms with Crippen LogP contribution in [-0.4, -0.2) is 18.9 Å². The molecule has 1 aliphatic rings. The van der Waals surface area contributed by atoms with E-state index in [4.69, 9.17) is 0 Å². The smallest absolute Gasteiger partial charge is 0.104 e. The summed E-state index contributed by atoms with van der Waals surface area (Å²) in [6.45, 7) is 4.08. The Balaban J connectivity index is 1.91. The minimum absolute atomic E-state index is 0.371. The summed E-state index contributed by atoms with van der Waals surface area (Å²) in [5.74, 6) is 1.53. The molecule has 1 atom stereocenters. The molecular weight excluding hydrogens is 252 g/mol. The van der Waals surface area contributed by atoms with Gasteiger partial charge in [-0.1, -0.05) is 30.3 Å².